The first-order valence-corrected chi connectivity index (χ1v) is 12.7. The van der Waals surface area contributed by atoms with E-state index >= 15 is 0 Å². The topological polar surface area (TPSA) is 133 Å². The standard InChI is InChI=1S/C27H39N5O5.BrH/c1-7-35-25-26(36-8-2)31-22-19(30-25)15-32(24(22)29)16-20(33)17-13-18(27(3,4)5)23(21(14-17)34-6)37-12-10-9-11-28;/h13-14,29H,7-12,15-16,28H2,1-6H3;1H. The van der Waals surface area contributed by atoms with Crippen LogP contribution in [0.25, 0.3) is 0 Å². The first kappa shape index (κ1) is 31.3. The summed E-state index contributed by atoms with van der Waals surface area (Å²) >= 11 is 0. The number of nitrogens with one attached hydrogen (secondary N) is 1. The Morgan fingerprint density at radius 3 is 2.32 bits per heavy atom. The number of rotatable bonds is 13. The molecule has 0 saturated carbocycles. The van der Waals surface area contributed by atoms with Crippen molar-refractivity contribution in [3.63, 3.8) is 0 Å². The number of amidine groups is 1. The zero-order valence-corrected chi connectivity index (χ0v) is 24.9. The van der Waals surface area contributed by atoms with Crippen molar-refractivity contribution >= 4 is 28.6 Å². The maximum Gasteiger partial charge on any atom is 0.278 e. The number of Topliss-reactive ketones (excluding diaryl/α,β-unsaturated/α-hetero) is 1. The van der Waals surface area contributed by atoms with Crippen LogP contribution in [0, 0.1) is 5.41 Å². The number of fused-ring (bicyclic) bond motifs is 1. The molecule has 0 atom stereocenters. The molecule has 0 unspecified atom stereocenters. The summed E-state index contributed by atoms with van der Waals surface area (Å²) in [6.45, 7) is 12.1. The number of aromatic nitrogens is 2. The van der Waals surface area contributed by atoms with Gasteiger partial charge in [-0.05, 0) is 50.8 Å². The summed E-state index contributed by atoms with van der Waals surface area (Å²) < 4.78 is 22.9. The fourth-order valence-corrected chi connectivity index (χ4v) is 4.05. The predicted octanol–water partition coefficient (Wildman–Crippen LogP) is 4.30. The number of halogens is 1. The highest BCUT2D eigenvalue weighted by Gasteiger charge is 2.32. The maximum absolute atomic E-state index is 13.5. The van der Waals surface area contributed by atoms with Crippen LogP contribution < -0.4 is 24.7 Å². The van der Waals surface area contributed by atoms with Crippen LogP contribution in [-0.2, 0) is 12.0 Å². The van der Waals surface area contributed by atoms with Crippen molar-refractivity contribution in [3.05, 3.63) is 34.6 Å². The molecule has 0 spiro atoms. The molecule has 2 heterocycles. The molecule has 3 N–H and O–H groups in total. The highest BCUT2D eigenvalue weighted by atomic mass is 79.9. The second-order valence-electron chi connectivity index (χ2n) is 9.77. The van der Waals surface area contributed by atoms with E-state index in [-0.39, 0.29) is 53.0 Å². The van der Waals surface area contributed by atoms with Crippen molar-refractivity contribution in [2.45, 2.75) is 59.4 Å². The molecule has 210 valence electrons. The van der Waals surface area contributed by atoms with Crippen molar-refractivity contribution in [1.29, 1.82) is 5.41 Å². The number of nitrogens with two attached hydrogens (primary N) is 1. The molecule has 0 bridgehead atoms. The number of methoxy groups -OCH3 is 1. The van der Waals surface area contributed by atoms with Crippen molar-refractivity contribution in [2.24, 2.45) is 5.73 Å². The molecule has 2 aromatic rings. The van der Waals surface area contributed by atoms with Gasteiger partial charge in [0.05, 0.1) is 45.7 Å². The van der Waals surface area contributed by atoms with Gasteiger partial charge in [-0.25, -0.2) is 9.97 Å². The molecule has 11 heteroatoms. The fraction of sp³-hybridized carbons (Fsp3) is 0.556. The lowest BCUT2D eigenvalue weighted by Gasteiger charge is -2.26. The monoisotopic (exact) mass is 593 g/mol. The Hall–Kier alpha value is -2.92. The number of ether oxygens (including phenoxy) is 4. The van der Waals surface area contributed by atoms with Gasteiger partial charge in [-0.15, -0.1) is 17.0 Å². The van der Waals surface area contributed by atoms with Crippen LogP contribution in [0.2, 0.25) is 0 Å². The van der Waals surface area contributed by atoms with Gasteiger partial charge in [0, 0.05) is 11.1 Å². The van der Waals surface area contributed by atoms with Crippen LogP contribution in [0.15, 0.2) is 12.1 Å². The molecule has 0 aliphatic carbocycles. The van der Waals surface area contributed by atoms with Gasteiger partial charge in [-0.3, -0.25) is 10.2 Å². The number of benzene rings is 1. The highest BCUT2D eigenvalue weighted by Crippen LogP contribution is 2.40. The van der Waals surface area contributed by atoms with Gasteiger partial charge in [0.25, 0.3) is 11.8 Å². The zero-order valence-electron chi connectivity index (χ0n) is 23.2. The Balaban J connectivity index is 0.00000507. The first-order chi connectivity index (χ1) is 17.6. The normalized spacial score (nSPS) is 12.6. The van der Waals surface area contributed by atoms with Crippen molar-refractivity contribution in [3.8, 4) is 23.3 Å². The molecule has 0 amide bonds. The average molecular weight is 595 g/mol. The average Bonchev–Trinajstić information content (AvgIpc) is 3.15. The van der Waals surface area contributed by atoms with Crippen LogP contribution in [0.5, 0.6) is 23.3 Å². The molecule has 0 radical (unpaired) electrons. The number of carbonyl (C=O) groups excluding carboxylic acids is 1. The molecule has 3 rings (SSSR count). The zero-order chi connectivity index (χ0) is 27.2. The van der Waals surface area contributed by atoms with Gasteiger partial charge in [-0.1, -0.05) is 20.8 Å². The predicted molar refractivity (Wildman–Crippen MR) is 152 cm³/mol. The van der Waals surface area contributed by atoms with E-state index in [1.165, 1.54) is 0 Å². The maximum atomic E-state index is 13.5. The lowest BCUT2D eigenvalue weighted by atomic mass is 9.84. The minimum Gasteiger partial charge on any atom is -0.493 e. The molecule has 0 fully saturated rings. The third-order valence-electron chi connectivity index (χ3n) is 5.93. The molecule has 1 aliphatic heterocycles. The van der Waals surface area contributed by atoms with Crippen LogP contribution in [0.1, 0.15) is 74.8 Å². The second kappa shape index (κ2) is 13.7. The molecular weight excluding hydrogens is 554 g/mol. The van der Waals surface area contributed by atoms with Gasteiger partial charge in [0.2, 0.25) is 0 Å². The van der Waals surface area contributed by atoms with Gasteiger partial charge in [0.15, 0.2) is 17.3 Å². The number of hydrogen-bond donors (Lipinski definition) is 2. The largest absolute Gasteiger partial charge is 0.493 e. The van der Waals surface area contributed by atoms with E-state index in [0.29, 0.717) is 60.7 Å². The molecule has 1 aromatic carbocycles. The van der Waals surface area contributed by atoms with Gasteiger partial charge in [0.1, 0.15) is 11.5 Å². The summed E-state index contributed by atoms with van der Waals surface area (Å²) in [6.07, 6.45) is 1.70. The van der Waals surface area contributed by atoms with Crippen molar-refractivity contribution in [1.82, 2.24) is 14.9 Å². The Bertz CT molecular complexity index is 1140. The van der Waals surface area contributed by atoms with E-state index in [0.717, 1.165) is 18.4 Å². The van der Waals surface area contributed by atoms with Crippen LogP contribution >= 0.6 is 17.0 Å². The van der Waals surface area contributed by atoms with E-state index in [1.54, 1.807) is 18.1 Å². The van der Waals surface area contributed by atoms with Crippen molar-refractivity contribution in [2.75, 3.05) is 40.0 Å². The van der Waals surface area contributed by atoms with Gasteiger partial charge >= 0.3 is 0 Å². The Morgan fingerprint density at radius 2 is 1.74 bits per heavy atom. The van der Waals surface area contributed by atoms with E-state index in [2.05, 4.69) is 30.7 Å². The van der Waals surface area contributed by atoms with Crippen LogP contribution in [0.3, 0.4) is 0 Å². The quantitative estimate of drug-likeness (QED) is 0.257. The van der Waals surface area contributed by atoms with Gasteiger partial charge < -0.3 is 29.6 Å². The summed E-state index contributed by atoms with van der Waals surface area (Å²) in [6, 6.07) is 3.58. The molecule has 1 aliphatic rings. The third-order valence-corrected chi connectivity index (χ3v) is 5.93. The van der Waals surface area contributed by atoms with E-state index < -0.39 is 0 Å². The minimum atomic E-state index is -0.289. The number of nitrogens with zero attached hydrogens (tertiary/aromatic N) is 3. The minimum absolute atomic E-state index is 0. The van der Waals surface area contributed by atoms with Crippen LogP contribution in [0.4, 0.5) is 0 Å². The summed E-state index contributed by atoms with van der Waals surface area (Å²) in [5, 5.41) is 8.63. The first-order valence-electron chi connectivity index (χ1n) is 12.7. The molecule has 10 nitrogen and oxygen atoms in total. The smallest absolute Gasteiger partial charge is 0.278 e. The third kappa shape index (κ3) is 7.13. The van der Waals surface area contributed by atoms with Gasteiger partial charge in [-0.2, -0.15) is 0 Å². The van der Waals surface area contributed by atoms with E-state index in [1.807, 2.05) is 19.9 Å². The SMILES string of the molecule is Br.CCOc1nc2c(nc1OCC)C(=N)N(CC(=O)c1cc(OC)c(OCCCCN)c(C(C)(C)C)c1)C2. The fourth-order valence-electron chi connectivity index (χ4n) is 4.05. The number of unbranched alkanes of at least 4 members (excludes halogenated alkanes) is 1. The Labute approximate surface area is 235 Å². The lowest BCUT2D eigenvalue weighted by Crippen LogP contribution is -2.30. The number of carbonyl (C=O) groups is 1. The molecular formula is C27H40BrN5O5. The summed E-state index contributed by atoms with van der Waals surface area (Å²) in [4.78, 5) is 24.1. The number of hydrogen-bond acceptors (Lipinski definition) is 9. The van der Waals surface area contributed by atoms with Crippen LogP contribution in [-0.4, -0.2) is 66.5 Å². The van der Waals surface area contributed by atoms with E-state index in [9.17, 15) is 4.79 Å². The molecule has 1 aromatic heterocycles. The second-order valence-corrected chi connectivity index (χ2v) is 9.77. The molecule has 0 saturated heterocycles. The molecule has 38 heavy (non-hydrogen) atoms. The lowest BCUT2D eigenvalue weighted by molar-refractivity contribution is 0.0961. The van der Waals surface area contributed by atoms with E-state index in [4.69, 9.17) is 30.1 Å². The highest BCUT2D eigenvalue weighted by molar-refractivity contribution is 8.93. The summed E-state index contributed by atoms with van der Waals surface area (Å²) in [5.41, 5.74) is 7.67. The Morgan fingerprint density at radius 1 is 1.08 bits per heavy atom. The summed E-state index contributed by atoms with van der Waals surface area (Å²) in [7, 11) is 1.57. The summed E-state index contributed by atoms with van der Waals surface area (Å²) in [5.74, 6) is 1.68. The van der Waals surface area contributed by atoms with Crippen molar-refractivity contribution < 1.29 is 23.7 Å². The Kier molecular flexibility index (Phi) is 11.3. The number of ketones is 1.